The van der Waals surface area contributed by atoms with E-state index in [1.807, 2.05) is 6.07 Å². The molecule has 3 nitrogen and oxygen atoms in total. The molecule has 1 aliphatic rings. The third-order valence-electron chi connectivity index (χ3n) is 5.46. The van der Waals surface area contributed by atoms with Crippen molar-refractivity contribution in [2.75, 3.05) is 25.0 Å². The van der Waals surface area contributed by atoms with Crippen molar-refractivity contribution in [3.8, 4) is 0 Å². The molecule has 1 heterocycles. The molecule has 0 aromatic heterocycles. The maximum absolute atomic E-state index is 13.1. The highest BCUT2D eigenvalue weighted by Crippen LogP contribution is 2.27. The number of benzene rings is 1. The van der Waals surface area contributed by atoms with Crippen molar-refractivity contribution in [2.45, 2.75) is 65.8 Å². The van der Waals surface area contributed by atoms with Crippen molar-refractivity contribution in [2.24, 2.45) is 0 Å². The second-order valence-electron chi connectivity index (χ2n) is 7.13. The van der Waals surface area contributed by atoms with Crippen LogP contribution < -0.4 is 5.32 Å². The predicted octanol–water partition coefficient (Wildman–Crippen LogP) is 4.43. The lowest BCUT2D eigenvalue weighted by Crippen LogP contribution is -2.62. The monoisotopic (exact) mass is 317 g/mol. The quantitative estimate of drug-likeness (QED) is 0.773. The Labute approximate surface area is 141 Å². The molecule has 1 amide bonds. The number of carbonyl (C=O) groups excluding carboxylic acids is 1. The number of rotatable bonds is 6. The summed E-state index contributed by atoms with van der Waals surface area (Å²) in [5, 5.41) is 3.26. The molecular weight excluding hydrogens is 284 g/mol. The number of anilines is 1. The summed E-state index contributed by atoms with van der Waals surface area (Å²) in [6, 6.07) is 6.27. The van der Waals surface area contributed by atoms with Crippen LogP contribution in [0.4, 0.5) is 5.69 Å². The third kappa shape index (κ3) is 3.95. The highest BCUT2D eigenvalue weighted by atomic mass is 16.2. The van der Waals surface area contributed by atoms with E-state index in [1.54, 1.807) is 0 Å². The van der Waals surface area contributed by atoms with E-state index in [4.69, 9.17) is 0 Å². The van der Waals surface area contributed by atoms with Crippen LogP contribution in [0.15, 0.2) is 18.2 Å². The van der Waals surface area contributed by atoms with Crippen LogP contribution in [0.25, 0.3) is 0 Å². The van der Waals surface area contributed by atoms with E-state index < -0.39 is 0 Å². The fraction of sp³-hybridized carbons (Fsp3) is 0.650. The molecule has 1 saturated heterocycles. The highest BCUT2D eigenvalue weighted by molar-refractivity contribution is 5.95. The van der Waals surface area contributed by atoms with Crippen LogP contribution in [-0.2, 0) is 4.79 Å². The van der Waals surface area contributed by atoms with Gasteiger partial charge in [-0.05, 0) is 50.7 Å². The third-order valence-corrected chi connectivity index (χ3v) is 5.46. The molecule has 0 unspecified atom stereocenters. The zero-order valence-electron chi connectivity index (χ0n) is 15.3. The van der Waals surface area contributed by atoms with E-state index >= 15 is 0 Å². The van der Waals surface area contributed by atoms with E-state index in [0.29, 0.717) is 0 Å². The number of nitrogens with one attached hydrogen (secondary N) is 1. The molecule has 1 aromatic carbocycles. The van der Waals surface area contributed by atoms with Crippen LogP contribution in [0.2, 0.25) is 0 Å². The lowest BCUT2D eigenvalue weighted by atomic mass is 9.99. The van der Waals surface area contributed by atoms with Crippen LogP contribution in [-0.4, -0.2) is 36.1 Å². The summed E-state index contributed by atoms with van der Waals surface area (Å²) in [5.74, 6) is 0.209. The first-order valence-electron chi connectivity index (χ1n) is 9.27. The minimum absolute atomic E-state index is 0.0780. The summed E-state index contributed by atoms with van der Waals surface area (Å²) < 4.78 is 0.990. The largest absolute Gasteiger partial charge is 0.320 e. The van der Waals surface area contributed by atoms with Gasteiger partial charge in [0.2, 0.25) is 0 Å². The Morgan fingerprint density at radius 1 is 1.13 bits per heavy atom. The van der Waals surface area contributed by atoms with Gasteiger partial charge in [-0.1, -0.05) is 32.0 Å². The molecule has 1 N–H and O–H groups in total. The van der Waals surface area contributed by atoms with Gasteiger partial charge in [0.1, 0.15) is 0 Å². The minimum atomic E-state index is 0.0780. The van der Waals surface area contributed by atoms with Gasteiger partial charge in [-0.2, -0.15) is 0 Å². The van der Waals surface area contributed by atoms with Gasteiger partial charge in [-0.25, -0.2) is 0 Å². The lowest BCUT2D eigenvalue weighted by Gasteiger charge is -2.46. The topological polar surface area (TPSA) is 29.1 Å². The van der Waals surface area contributed by atoms with Crippen molar-refractivity contribution in [3.05, 3.63) is 29.3 Å². The molecule has 1 fully saturated rings. The molecular formula is C20H33N2O+. The number of quaternary nitrogens is 1. The highest BCUT2D eigenvalue weighted by Gasteiger charge is 2.41. The molecule has 128 valence electrons. The molecule has 1 aliphatic heterocycles. The molecule has 0 aliphatic carbocycles. The smallest absolute Gasteiger partial charge is 0.282 e. The number of hydrogen-bond acceptors (Lipinski definition) is 1. The number of hydrogen-bond donors (Lipinski definition) is 1. The Kier molecular flexibility index (Phi) is 6.23. The summed E-state index contributed by atoms with van der Waals surface area (Å²) >= 11 is 0. The Morgan fingerprint density at radius 2 is 1.74 bits per heavy atom. The fourth-order valence-corrected chi connectivity index (χ4v) is 4.32. The number of aryl methyl sites for hydroxylation is 2. The standard InChI is InChI=1S/C20H32N2O/c1-5-13-22(14-8-7-9-15-22)18(6-2)20(23)21-19-16(3)11-10-12-17(19)4/h10-12,18H,5-9,13-15H2,1-4H3/p+1/t18-/m0/s1. The normalized spacial score (nSPS) is 18.4. The van der Waals surface area contributed by atoms with Crippen LogP contribution in [0.5, 0.6) is 0 Å². The maximum atomic E-state index is 13.1. The van der Waals surface area contributed by atoms with Crippen LogP contribution in [0.1, 0.15) is 57.1 Å². The van der Waals surface area contributed by atoms with E-state index in [2.05, 4.69) is 45.1 Å². The number of likely N-dealkylation sites (tertiary alicyclic amines) is 1. The van der Waals surface area contributed by atoms with Gasteiger partial charge in [-0.15, -0.1) is 0 Å². The van der Waals surface area contributed by atoms with E-state index in [0.717, 1.165) is 53.8 Å². The number of para-hydroxylation sites is 1. The van der Waals surface area contributed by atoms with E-state index in [9.17, 15) is 4.79 Å². The Bertz CT molecular complexity index is 507. The van der Waals surface area contributed by atoms with Crippen molar-refractivity contribution >= 4 is 11.6 Å². The summed E-state index contributed by atoms with van der Waals surface area (Å²) in [6.07, 6.45) is 5.89. The lowest BCUT2D eigenvalue weighted by molar-refractivity contribution is -0.946. The molecule has 0 saturated carbocycles. The fourth-order valence-electron chi connectivity index (χ4n) is 4.32. The number of carbonyl (C=O) groups is 1. The number of nitrogens with zero attached hydrogens (tertiary/aromatic N) is 1. The molecule has 23 heavy (non-hydrogen) atoms. The van der Waals surface area contributed by atoms with Crippen molar-refractivity contribution in [1.82, 2.24) is 0 Å². The molecule has 0 radical (unpaired) electrons. The minimum Gasteiger partial charge on any atom is -0.320 e. The van der Waals surface area contributed by atoms with Gasteiger partial charge in [0.05, 0.1) is 19.6 Å². The zero-order valence-corrected chi connectivity index (χ0v) is 15.3. The summed E-state index contributed by atoms with van der Waals surface area (Å²) in [5.41, 5.74) is 3.30. The van der Waals surface area contributed by atoms with Crippen molar-refractivity contribution in [1.29, 1.82) is 0 Å². The summed E-state index contributed by atoms with van der Waals surface area (Å²) in [6.45, 7) is 12.0. The second-order valence-corrected chi connectivity index (χ2v) is 7.13. The first-order valence-corrected chi connectivity index (χ1v) is 9.27. The van der Waals surface area contributed by atoms with Gasteiger partial charge in [0.15, 0.2) is 6.04 Å². The molecule has 2 rings (SSSR count). The van der Waals surface area contributed by atoms with Crippen molar-refractivity contribution in [3.63, 3.8) is 0 Å². The molecule has 1 aromatic rings. The van der Waals surface area contributed by atoms with Gasteiger partial charge in [-0.3, -0.25) is 4.79 Å². The van der Waals surface area contributed by atoms with Crippen LogP contribution in [0, 0.1) is 13.8 Å². The molecule has 0 spiro atoms. The second kappa shape index (κ2) is 7.96. The number of amides is 1. The summed E-state index contributed by atoms with van der Waals surface area (Å²) in [7, 11) is 0. The maximum Gasteiger partial charge on any atom is 0.282 e. The van der Waals surface area contributed by atoms with Gasteiger partial charge in [0, 0.05) is 12.1 Å². The Hall–Kier alpha value is -1.35. The Morgan fingerprint density at radius 3 is 2.26 bits per heavy atom. The van der Waals surface area contributed by atoms with Crippen LogP contribution >= 0.6 is 0 Å². The summed E-state index contributed by atoms with van der Waals surface area (Å²) in [4.78, 5) is 13.1. The van der Waals surface area contributed by atoms with Gasteiger partial charge >= 0.3 is 0 Å². The molecule has 3 heteroatoms. The number of piperidine rings is 1. The predicted molar refractivity (Wildman–Crippen MR) is 97.6 cm³/mol. The zero-order chi connectivity index (χ0) is 16.9. The van der Waals surface area contributed by atoms with E-state index in [1.165, 1.54) is 19.3 Å². The first-order chi connectivity index (χ1) is 11.0. The first kappa shape index (κ1) is 18.0. The van der Waals surface area contributed by atoms with Crippen molar-refractivity contribution < 1.29 is 9.28 Å². The van der Waals surface area contributed by atoms with E-state index in [-0.39, 0.29) is 11.9 Å². The average molecular weight is 317 g/mol. The average Bonchev–Trinajstić information content (AvgIpc) is 2.53. The Balaban J connectivity index is 2.23. The van der Waals surface area contributed by atoms with Gasteiger partial charge in [0.25, 0.3) is 5.91 Å². The van der Waals surface area contributed by atoms with Crippen LogP contribution in [0.3, 0.4) is 0 Å². The van der Waals surface area contributed by atoms with Gasteiger partial charge < -0.3 is 9.80 Å². The molecule has 0 bridgehead atoms. The molecule has 1 atom stereocenters. The SMILES string of the molecule is CCC[N+]1([C@@H](CC)C(=O)Nc2c(C)cccc2C)CCCCC1.